The van der Waals surface area contributed by atoms with E-state index in [1.807, 2.05) is 0 Å². The van der Waals surface area contributed by atoms with E-state index in [1.54, 1.807) is 30.3 Å². The van der Waals surface area contributed by atoms with Gasteiger partial charge >= 0.3 is 0 Å². The van der Waals surface area contributed by atoms with Crippen LogP contribution in [0.15, 0.2) is 48.5 Å². The summed E-state index contributed by atoms with van der Waals surface area (Å²) in [5.41, 5.74) is 0.684. The number of nitrogens with one attached hydrogen (secondary N) is 3. The lowest BCUT2D eigenvalue weighted by Gasteiger charge is -2.15. The maximum atomic E-state index is 13.8. The van der Waals surface area contributed by atoms with E-state index in [9.17, 15) is 18.8 Å². The van der Waals surface area contributed by atoms with Crippen LogP contribution in [0.1, 0.15) is 24.2 Å². The molecule has 1 atom stereocenters. The molecule has 0 saturated carbocycles. The van der Waals surface area contributed by atoms with Crippen molar-refractivity contribution in [1.29, 1.82) is 0 Å². The first-order valence-electron chi connectivity index (χ1n) is 7.60. The summed E-state index contributed by atoms with van der Waals surface area (Å²) in [7, 11) is 0. The van der Waals surface area contributed by atoms with Crippen molar-refractivity contribution in [3.05, 3.63) is 59.9 Å². The maximum absolute atomic E-state index is 13.8. The van der Waals surface area contributed by atoms with Crippen LogP contribution in [0.3, 0.4) is 0 Å². The number of hydrogen-bond donors (Lipinski definition) is 3. The zero-order valence-corrected chi connectivity index (χ0v) is 13.8. The third-order valence-corrected chi connectivity index (χ3v) is 3.32. The summed E-state index contributed by atoms with van der Waals surface area (Å²) in [5.74, 6) is -1.95. The second kappa shape index (κ2) is 8.05. The number of hydrogen-bond acceptors (Lipinski definition) is 3. The van der Waals surface area contributed by atoms with E-state index in [-0.39, 0.29) is 11.6 Å². The largest absolute Gasteiger partial charge is 0.341 e. The highest BCUT2D eigenvalue weighted by Crippen LogP contribution is 2.20. The first-order chi connectivity index (χ1) is 11.9. The topological polar surface area (TPSA) is 87.3 Å². The van der Waals surface area contributed by atoms with E-state index >= 15 is 0 Å². The quantitative estimate of drug-likeness (QED) is 0.780. The van der Waals surface area contributed by atoms with Crippen LogP contribution < -0.4 is 16.0 Å². The van der Waals surface area contributed by atoms with Crippen LogP contribution in [0.2, 0.25) is 0 Å². The van der Waals surface area contributed by atoms with Crippen LogP contribution in [0.25, 0.3) is 0 Å². The first kappa shape index (κ1) is 18.1. The van der Waals surface area contributed by atoms with Crippen molar-refractivity contribution in [3.8, 4) is 0 Å². The minimum absolute atomic E-state index is 0.0861. The van der Waals surface area contributed by atoms with Crippen molar-refractivity contribution in [2.45, 2.75) is 19.9 Å². The molecule has 0 heterocycles. The van der Waals surface area contributed by atoms with Gasteiger partial charge in [0.2, 0.25) is 11.8 Å². The van der Waals surface area contributed by atoms with E-state index in [0.717, 1.165) is 6.07 Å². The van der Waals surface area contributed by atoms with Gasteiger partial charge in [-0.05, 0) is 37.3 Å². The fourth-order valence-corrected chi connectivity index (χ4v) is 2.08. The van der Waals surface area contributed by atoms with Crippen LogP contribution in [0.5, 0.6) is 0 Å². The van der Waals surface area contributed by atoms with Gasteiger partial charge in [-0.3, -0.25) is 14.4 Å². The van der Waals surface area contributed by atoms with Gasteiger partial charge < -0.3 is 16.0 Å². The number of amides is 3. The Bertz CT molecular complexity index is 793. The average Bonchev–Trinajstić information content (AvgIpc) is 2.58. The Morgan fingerprint density at radius 1 is 1.00 bits per heavy atom. The van der Waals surface area contributed by atoms with Crippen LogP contribution >= 0.6 is 0 Å². The molecule has 7 heteroatoms. The van der Waals surface area contributed by atoms with Crippen molar-refractivity contribution in [2.75, 3.05) is 10.6 Å². The number of anilines is 2. The monoisotopic (exact) mass is 343 g/mol. The summed E-state index contributed by atoms with van der Waals surface area (Å²) in [6.45, 7) is 2.81. The van der Waals surface area contributed by atoms with Gasteiger partial charge in [0.25, 0.3) is 5.91 Å². The number of benzene rings is 2. The van der Waals surface area contributed by atoms with Gasteiger partial charge in [-0.25, -0.2) is 4.39 Å². The van der Waals surface area contributed by atoms with E-state index in [0.29, 0.717) is 11.3 Å². The summed E-state index contributed by atoms with van der Waals surface area (Å²) >= 11 is 0. The summed E-state index contributed by atoms with van der Waals surface area (Å²) in [6, 6.07) is 11.4. The maximum Gasteiger partial charge on any atom is 0.251 e. The number of rotatable bonds is 5. The highest BCUT2D eigenvalue weighted by atomic mass is 19.1. The molecule has 2 aromatic rings. The van der Waals surface area contributed by atoms with Gasteiger partial charge in [-0.15, -0.1) is 0 Å². The predicted octanol–water partition coefficient (Wildman–Crippen LogP) is 2.54. The van der Waals surface area contributed by atoms with Crippen molar-refractivity contribution < 1.29 is 18.8 Å². The molecule has 0 aromatic heterocycles. The van der Waals surface area contributed by atoms with Crippen molar-refractivity contribution in [1.82, 2.24) is 5.32 Å². The van der Waals surface area contributed by atoms with Gasteiger partial charge in [0, 0.05) is 18.2 Å². The molecule has 2 rings (SSSR count). The fraction of sp³-hybridized carbons (Fsp3) is 0.167. The Hall–Kier alpha value is -3.22. The zero-order chi connectivity index (χ0) is 18.4. The second-order valence-corrected chi connectivity index (χ2v) is 5.43. The van der Waals surface area contributed by atoms with Gasteiger partial charge in [0.05, 0.1) is 5.69 Å². The summed E-state index contributed by atoms with van der Waals surface area (Å²) < 4.78 is 13.8. The van der Waals surface area contributed by atoms with Gasteiger partial charge in [0.15, 0.2) is 0 Å². The van der Waals surface area contributed by atoms with Crippen molar-refractivity contribution in [3.63, 3.8) is 0 Å². The molecule has 0 aliphatic rings. The fourth-order valence-electron chi connectivity index (χ4n) is 2.08. The molecule has 130 valence electrons. The summed E-state index contributed by atoms with van der Waals surface area (Å²) in [5, 5.41) is 7.44. The Balaban J connectivity index is 2.03. The van der Waals surface area contributed by atoms with Gasteiger partial charge in [-0.2, -0.15) is 0 Å². The van der Waals surface area contributed by atoms with Crippen molar-refractivity contribution >= 4 is 29.1 Å². The molecule has 0 aliphatic carbocycles. The highest BCUT2D eigenvalue weighted by molar-refractivity contribution is 6.01. The normalized spacial score (nSPS) is 11.3. The molecular weight excluding hydrogens is 325 g/mol. The highest BCUT2D eigenvalue weighted by Gasteiger charge is 2.18. The lowest BCUT2D eigenvalue weighted by molar-refractivity contribution is -0.117. The minimum Gasteiger partial charge on any atom is -0.341 e. The second-order valence-electron chi connectivity index (χ2n) is 5.43. The lowest BCUT2D eigenvalue weighted by Crippen LogP contribution is -2.41. The molecule has 0 aliphatic heterocycles. The minimum atomic E-state index is -0.878. The van der Waals surface area contributed by atoms with Crippen LogP contribution in [0, 0.1) is 5.82 Å². The molecule has 0 fully saturated rings. The van der Waals surface area contributed by atoms with Crippen molar-refractivity contribution in [2.24, 2.45) is 0 Å². The van der Waals surface area contributed by atoms with Gasteiger partial charge in [0.1, 0.15) is 11.9 Å². The third-order valence-electron chi connectivity index (χ3n) is 3.32. The Kier molecular flexibility index (Phi) is 5.84. The zero-order valence-electron chi connectivity index (χ0n) is 13.8. The van der Waals surface area contributed by atoms with Gasteiger partial charge in [-0.1, -0.05) is 18.2 Å². The molecule has 1 unspecified atom stereocenters. The van der Waals surface area contributed by atoms with Crippen LogP contribution in [-0.2, 0) is 9.59 Å². The third kappa shape index (κ3) is 5.13. The van der Waals surface area contributed by atoms with E-state index in [4.69, 9.17) is 0 Å². The Labute approximate surface area is 144 Å². The molecule has 3 N–H and O–H groups in total. The molecule has 0 spiro atoms. The molecule has 0 saturated heterocycles. The van der Waals surface area contributed by atoms with E-state index in [1.165, 1.54) is 26.0 Å². The number of carbonyl (C=O) groups excluding carboxylic acids is 3. The molecular formula is C18H18FN3O3. The van der Waals surface area contributed by atoms with Crippen LogP contribution in [-0.4, -0.2) is 23.8 Å². The molecule has 6 nitrogen and oxygen atoms in total. The average molecular weight is 343 g/mol. The number of halogens is 1. The number of carbonyl (C=O) groups is 3. The van der Waals surface area contributed by atoms with E-state index < -0.39 is 23.7 Å². The molecule has 3 amide bonds. The Morgan fingerprint density at radius 2 is 1.68 bits per heavy atom. The lowest BCUT2D eigenvalue weighted by atomic mass is 10.2. The standard InChI is InChI=1S/C18H18FN3O3/c1-11(20-18(25)13-6-4-3-5-7-13)17(24)22-16-10-14(21-12(2)23)8-9-15(16)19/h3-11H,1-2H3,(H,20,25)(H,21,23)(H,22,24). The summed E-state index contributed by atoms with van der Waals surface area (Å²) in [6.07, 6.45) is 0. The smallest absolute Gasteiger partial charge is 0.251 e. The molecule has 25 heavy (non-hydrogen) atoms. The SMILES string of the molecule is CC(=O)Nc1ccc(F)c(NC(=O)C(C)NC(=O)c2ccccc2)c1. The predicted molar refractivity (Wildman–Crippen MR) is 92.7 cm³/mol. The molecule has 2 aromatic carbocycles. The first-order valence-corrected chi connectivity index (χ1v) is 7.60. The molecule has 0 radical (unpaired) electrons. The Morgan fingerprint density at radius 3 is 2.32 bits per heavy atom. The molecule has 0 bridgehead atoms. The van der Waals surface area contributed by atoms with E-state index in [2.05, 4.69) is 16.0 Å². The summed E-state index contributed by atoms with van der Waals surface area (Å²) in [4.78, 5) is 35.3. The van der Waals surface area contributed by atoms with Crippen LogP contribution in [0.4, 0.5) is 15.8 Å².